The number of aliphatic hydroxyl groups is 1. The molecular weight excluding hydrogens is 344 g/mol. The van der Waals surface area contributed by atoms with E-state index in [0.29, 0.717) is 13.0 Å². The largest absolute Gasteiger partial charge is 0.459 e. The highest BCUT2D eigenvalue weighted by Gasteiger charge is 2.38. The standard InChI is InChI=1S/C21H24N2O4/c24-13-16-7-3-8-17(16)22-20(25)18-11-14-5-1-2-6-15(14)12-23(18)21(26)19-9-4-10-27-19/h1-2,4-6,9-10,16-18,24H,3,7-8,11-13H2,(H,22,25)/t16-,17+,18-/m0/s1. The molecule has 4 rings (SSSR count). The van der Waals surface area contributed by atoms with E-state index in [9.17, 15) is 14.7 Å². The van der Waals surface area contributed by atoms with Gasteiger partial charge in [0, 0.05) is 31.5 Å². The number of hydrogen-bond donors (Lipinski definition) is 2. The minimum atomic E-state index is -0.586. The molecule has 2 N–H and O–H groups in total. The Morgan fingerprint density at radius 1 is 1.15 bits per heavy atom. The van der Waals surface area contributed by atoms with Gasteiger partial charge in [-0.1, -0.05) is 30.7 Å². The first-order valence-electron chi connectivity index (χ1n) is 9.50. The maximum atomic E-state index is 13.1. The Balaban J connectivity index is 1.59. The van der Waals surface area contributed by atoms with E-state index < -0.39 is 6.04 Å². The van der Waals surface area contributed by atoms with Crippen molar-refractivity contribution in [3.8, 4) is 0 Å². The fourth-order valence-electron chi connectivity index (χ4n) is 4.24. The van der Waals surface area contributed by atoms with Crippen LogP contribution in [0.5, 0.6) is 0 Å². The Hall–Kier alpha value is -2.60. The molecule has 0 saturated heterocycles. The molecule has 2 aromatic rings. The Kier molecular flexibility index (Phi) is 4.99. The number of rotatable bonds is 4. The van der Waals surface area contributed by atoms with E-state index in [1.807, 2.05) is 24.3 Å². The van der Waals surface area contributed by atoms with Crippen LogP contribution in [0.4, 0.5) is 0 Å². The van der Waals surface area contributed by atoms with Crippen molar-refractivity contribution >= 4 is 11.8 Å². The maximum absolute atomic E-state index is 13.1. The van der Waals surface area contributed by atoms with E-state index in [4.69, 9.17) is 4.42 Å². The number of benzene rings is 1. The summed E-state index contributed by atoms with van der Waals surface area (Å²) in [6.45, 7) is 0.454. The van der Waals surface area contributed by atoms with Gasteiger partial charge in [-0.2, -0.15) is 0 Å². The minimum Gasteiger partial charge on any atom is -0.459 e. The van der Waals surface area contributed by atoms with Crippen LogP contribution in [-0.2, 0) is 17.8 Å². The van der Waals surface area contributed by atoms with Crippen LogP contribution in [0.15, 0.2) is 47.1 Å². The van der Waals surface area contributed by atoms with E-state index in [2.05, 4.69) is 5.32 Å². The maximum Gasteiger partial charge on any atom is 0.290 e. The topological polar surface area (TPSA) is 82.8 Å². The Morgan fingerprint density at radius 3 is 2.70 bits per heavy atom. The third-order valence-corrected chi connectivity index (χ3v) is 5.77. The zero-order chi connectivity index (χ0) is 18.8. The van der Waals surface area contributed by atoms with Crippen LogP contribution < -0.4 is 5.32 Å². The molecule has 3 atom stereocenters. The average Bonchev–Trinajstić information content (AvgIpc) is 3.38. The van der Waals surface area contributed by atoms with Gasteiger partial charge in [-0.15, -0.1) is 0 Å². The third kappa shape index (κ3) is 3.49. The van der Waals surface area contributed by atoms with Gasteiger partial charge in [0.05, 0.1) is 6.26 Å². The van der Waals surface area contributed by atoms with Gasteiger partial charge >= 0.3 is 0 Å². The van der Waals surface area contributed by atoms with Crippen molar-refractivity contribution in [3.63, 3.8) is 0 Å². The summed E-state index contributed by atoms with van der Waals surface area (Å²) >= 11 is 0. The van der Waals surface area contributed by atoms with E-state index >= 15 is 0 Å². The molecule has 1 aliphatic heterocycles. The molecule has 0 bridgehead atoms. The second-order valence-corrected chi connectivity index (χ2v) is 7.39. The molecule has 1 aromatic carbocycles. The highest BCUT2D eigenvalue weighted by atomic mass is 16.3. The van der Waals surface area contributed by atoms with Crippen molar-refractivity contribution in [2.45, 2.75) is 44.3 Å². The molecule has 142 valence electrons. The molecule has 6 nitrogen and oxygen atoms in total. The second kappa shape index (κ2) is 7.56. The lowest BCUT2D eigenvalue weighted by molar-refractivity contribution is -0.127. The number of amides is 2. The van der Waals surface area contributed by atoms with Gasteiger partial charge in [0.25, 0.3) is 5.91 Å². The Morgan fingerprint density at radius 2 is 1.96 bits per heavy atom. The summed E-state index contributed by atoms with van der Waals surface area (Å²) in [4.78, 5) is 27.6. The van der Waals surface area contributed by atoms with Crippen LogP contribution in [0.1, 0.15) is 40.9 Å². The number of carbonyl (C=O) groups excluding carboxylic acids is 2. The molecule has 0 unspecified atom stereocenters. The summed E-state index contributed by atoms with van der Waals surface area (Å²) in [6.07, 6.45) is 4.73. The predicted molar refractivity (Wildman–Crippen MR) is 98.9 cm³/mol. The van der Waals surface area contributed by atoms with Gasteiger partial charge in [-0.25, -0.2) is 0 Å². The van der Waals surface area contributed by atoms with Crippen LogP contribution in [0.25, 0.3) is 0 Å². The molecule has 1 aliphatic carbocycles. The quantitative estimate of drug-likeness (QED) is 0.866. The number of nitrogens with zero attached hydrogens (tertiary/aromatic N) is 1. The van der Waals surface area contributed by atoms with Crippen LogP contribution in [0.2, 0.25) is 0 Å². The molecule has 6 heteroatoms. The predicted octanol–water partition coefficient (Wildman–Crippen LogP) is 2.12. The van der Waals surface area contributed by atoms with Crippen molar-refractivity contribution in [1.82, 2.24) is 10.2 Å². The molecule has 1 saturated carbocycles. The minimum absolute atomic E-state index is 0.0276. The smallest absolute Gasteiger partial charge is 0.290 e. The zero-order valence-electron chi connectivity index (χ0n) is 15.1. The number of fused-ring (bicyclic) bond motifs is 1. The molecule has 0 radical (unpaired) electrons. The summed E-state index contributed by atoms with van der Waals surface area (Å²) in [6, 6.07) is 10.6. The van der Waals surface area contributed by atoms with Gasteiger partial charge in [0.2, 0.25) is 5.91 Å². The second-order valence-electron chi connectivity index (χ2n) is 7.39. The number of carbonyl (C=O) groups is 2. The SMILES string of the molecule is O=C(N[C@@H]1CCC[C@H]1CO)[C@@H]1Cc2ccccc2CN1C(=O)c1ccco1. The fraction of sp³-hybridized carbons (Fsp3) is 0.429. The van der Waals surface area contributed by atoms with Crippen LogP contribution >= 0.6 is 0 Å². The highest BCUT2D eigenvalue weighted by Crippen LogP contribution is 2.28. The van der Waals surface area contributed by atoms with E-state index in [-0.39, 0.29) is 36.1 Å². The first-order chi connectivity index (χ1) is 13.2. The Bertz CT molecular complexity index is 817. The van der Waals surface area contributed by atoms with E-state index in [1.165, 1.54) is 6.26 Å². The number of hydrogen-bond acceptors (Lipinski definition) is 4. The molecule has 27 heavy (non-hydrogen) atoms. The lowest BCUT2D eigenvalue weighted by Gasteiger charge is -2.36. The lowest BCUT2D eigenvalue weighted by Crippen LogP contribution is -2.54. The molecule has 2 amide bonds. The molecule has 0 spiro atoms. The fourth-order valence-corrected chi connectivity index (χ4v) is 4.24. The summed E-state index contributed by atoms with van der Waals surface area (Å²) in [5.41, 5.74) is 2.14. The average molecular weight is 368 g/mol. The van der Waals surface area contributed by atoms with Crippen LogP contribution in [0.3, 0.4) is 0 Å². The molecular formula is C21H24N2O4. The van der Waals surface area contributed by atoms with Gasteiger partial charge < -0.3 is 19.7 Å². The monoisotopic (exact) mass is 368 g/mol. The van der Waals surface area contributed by atoms with Crippen molar-refractivity contribution in [2.24, 2.45) is 5.92 Å². The van der Waals surface area contributed by atoms with Crippen molar-refractivity contribution in [3.05, 3.63) is 59.5 Å². The number of furan rings is 1. The lowest BCUT2D eigenvalue weighted by atomic mass is 9.92. The van der Waals surface area contributed by atoms with Crippen molar-refractivity contribution in [2.75, 3.05) is 6.61 Å². The molecule has 1 fully saturated rings. The molecule has 2 heterocycles. The molecule has 1 aromatic heterocycles. The van der Waals surface area contributed by atoms with E-state index in [0.717, 1.165) is 30.4 Å². The third-order valence-electron chi connectivity index (χ3n) is 5.77. The van der Waals surface area contributed by atoms with Gasteiger partial charge in [-0.3, -0.25) is 9.59 Å². The van der Waals surface area contributed by atoms with Gasteiger partial charge in [0.1, 0.15) is 6.04 Å². The van der Waals surface area contributed by atoms with Gasteiger partial charge in [-0.05, 0) is 36.1 Å². The summed E-state index contributed by atoms with van der Waals surface area (Å²) < 4.78 is 5.28. The van der Waals surface area contributed by atoms with Crippen molar-refractivity contribution in [1.29, 1.82) is 0 Å². The zero-order valence-corrected chi connectivity index (χ0v) is 15.1. The first kappa shape index (κ1) is 17.8. The van der Waals surface area contributed by atoms with Crippen LogP contribution in [0, 0.1) is 5.92 Å². The normalized spacial score (nSPS) is 24.5. The summed E-state index contributed by atoms with van der Waals surface area (Å²) in [5.74, 6) is -0.102. The van der Waals surface area contributed by atoms with Crippen LogP contribution in [-0.4, -0.2) is 40.5 Å². The number of aliphatic hydroxyl groups excluding tert-OH is 1. The summed E-state index contributed by atoms with van der Waals surface area (Å²) in [7, 11) is 0. The van der Waals surface area contributed by atoms with Gasteiger partial charge in [0.15, 0.2) is 5.76 Å². The summed E-state index contributed by atoms with van der Waals surface area (Å²) in [5, 5.41) is 12.6. The van der Waals surface area contributed by atoms with E-state index in [1.54, 1.807) is 17.0 Å². The number of nitrogens with one attached hydrogen (secondary N) is 1. The first-order valence-corrected chi connectivity index (χ1v) is 9.50. The Labute approximate surface area is 158 Å². The van der Waals surface area contributed by atoms with Crippen molar-refractivity contribution < 1.29 is 19.1 Å². The molecule has 2 aliphatic rings. The highest BCUT2D eigenvalue weighted by molar-refractivity contribution is 5.96.